The van der Waals surface area contributed by atoms with Crippen molar-refractivity contribution < 1.29 is 14.3 Å². The second-order valence-electron chi connectivity index (χ2n) is 7.50. The summed E-state index contributed by atoms with van der Waals surface area (Å²) in [6, 6.07) is 0.619. The van der Waals surface area contributed by atoms with Crippen LogP contribution in [0, 0.1) is 5.41 Å². The van der Waals surface area contributed by atoms with E-state index in [9.17, 15) is 4.79 Å². The zero-order valence-corrected chi connectivity index (χ0v) is 14.6. The Hall–Kier alpha value is -0.810. The van der Waals surface area contributed by atoms with Crippen molar-refractivity contribution in [2.45, 2.75) is 78.7 Å². The van der Waals surface area contributed by atoms with Crippen LogP contribution in [0.1, 0.15) is 54.9 Å². The maximum Gasteiger partial charge on any atom is 0.407 e. The first-order valence-electron chi connectivity index (χ1n) is 7.90. The molecule has 0 heterocycles. The fourth-order valence-electron chi connectivity index (χ4n) is 2.61. The van der Waals surface area contributed by atoms with Crippen molar-refractivity contribution in [3.63, 3.8) is 0 Å². The summed E-state index contributed by atoms with van der Waals surface area (Å²) < 4.78 is 11.0. The van der Waals surface area contributed by atoms with Crippen LogP contribution < -0.4 is 10.6 Å². The summed E-state index contributed by atoms with van der Waals surface area (Å²) in [5.41, 5.74) is -0.322. The molecular weight excluding hydrogens is 268 g/mol. The Morgan fingerprint density at radius 1 is 1.38 bits per heavy atom. The first-order valence-corrected chi connectivity index (χ1v) is 7.90. The first-order chi connectivity index (χ1) is 9.56. The van der Waals surface area contributed by atoms with Crippen molar-refractivity contribution in [2.75, 3.05) is 13.2 Å². The number of ether oxygens (including phenoxy) is 2. The summed E-state index contributed by atoms with van der Waals surface area (Å²) in [6.45, 7) is 15.4. The van der Waals surface area contributed by atoms with Gasteiger partial charge in [0.25, 0.3) is 0 Å². The molecule has 1 amide bonds. The standard InChI is InChI=1S/C16H32N2O3/c1-8-20-13-9-12(16(13,6)7)18-11(2)10-17-14(19)21-15(3,4)5/h11-13,18H,8-10H2,1-7H3,(H,17,19). The third-order valence-corrected chi connectivity index (χ3v) is 3.98. The Balaban J connectivity index is 2.29. The Labute approximate surface area is 129 Å². The summed E-state index contributed by atoms with van der Waals surface area (Å²) in [7, 11) is 0. The minimum atomic E-state index is -0.457. The number of amides is 1. The highest BCUT2D eigenvalue weighted by atomic mass is 16.6. The Morgan fingerprint density at radius 3 is 2.48 bits per heavy atom. The van der Waals surface area contributed by atoms with Gasteiger partial charge in [-0.05, 0) is 41.0 Å². The molecule has 5 heteroatoms. The minimum Gasteiger partial charge on any atom is -0.444 e. The number of rotatable bonds is 6. The van der Waals surface area contributed by atoms with E-state index in [1.54, 1.807) is 0 Å². The van der Waals surface area contributed by atoms with Crippen molar-refractivity contribution >= 4 is 6.09 Å². The van der Waals surface area contributed by atoms with Crippen LogP contribution >= 0.6 is 0 Å². The van der Waals surface area contributed by atoms with Crippen LogP contribution in [-0.4, -0.2) is 43.0 Å². The molecule has 1 aliphatic carbocycles. The Bertz CT molecular complexity index is 350. The maximum atomic E-state index is 11.6. The lowest BCUT2D eigenvalue weighted by Gasteiger charge is -2.52. The molecule has 0 saturated heterocycles. The summed E-state index contributed by atoms with van der Waals surface area (Å²) >= 11 is 0. The number of nitrogens with one attached hydrogen (secondary N) is 2. The molecule has 1 aliphatic rings. The van der Waals surface area contributed by atoms with E-state index in [0.29, 0.717) is 18.7 Å². The van der Waals surface area contributed by atoms with Gasteiger partial charge in [-0.15, -0.1) is 0 Å². The van der Waals surface area contributed by atoms with Gasteiger partial charge in [0.2, 0.25) is 0 Å². The zero-order chi connectivity index (χ0) is 16.3. The number of hydrogen-bond donors (Lipinski definition) is 2. The number of carbonyl (C=O) groups excluding carboxylic acids is 1. The second kappa shape index (κ2) is 6.97. The average molecular weight is 300 g/mol. The van der Waals surface area contributed by atoms with E-state index in [1.165, 1.54) is 0 Å². The summed E-state index contributed by atoms with van der Waals surface area (Å²) in [4.78, 5) is 11.6. The molecule has 0 radical (unpaired) electrons. The normalized spacial score (nSPS) is 25.9. The SMILES string of the molecule is CCOC1CC(NC(C)CNC(=O)OC(C)(C)C)C1(C)C. The van der Waals surface area contributed by atoms with Crippen LogP contribution in [0.4, 0.5) is 4.79 Å². The average Bonchev–Trinajstić information content (AvgIpc) is 2.33. The third-order valence-electron chi connectivity index (χ3n) is 3.98. The molecule has 5 nitrogen and oxygen atoms in total. The van der Waals surface area contributed by atoms with Gasteiger partial charge in [0.15, 0.2) is 0 Å². The van der Waals surface area contributed by atoms with Crippen molar-refractivity contribution in [3.05, 3.63) is 0 Å². The summed E-state index contributed by atoms with van der Waals surface area (Å²) in [6.07, 6.45) is 0.986. The van der Waals surface area contributed by atoms with E-state index in [0.717, 1.165) is 13.0 Å². The molecule has 1 saturated carbocycles. The van der Waals surface area contributed by atoms with Gasteiger partial charge < -0.3 is 20.1 Å². The minimum absolute atomic E-state index is 0.135. The number of alkyl carbamates (subject to hydrolysis) is 1. The van der Waals surface area contributed by atoms with Crippen LogP contribution in [0.3, 0.4) is 0 Å². The molecule has 1 fully saturated rings. The molecular formula is C16H32N2O3. The fourth-order valence-corrected chi connectivity index (χ4v) is 2.61. The van der Waals surface area contributed by atoms with Gasteiger partial charge in [0.05, 0.1) is 6.10 Å². The van der Waals surface area contributed by atoms with E-state index in [4.69, 9.17) is 9.47 Å². The molecule has 124 valence electrons. The van der Waals surface area contributed by atoms with E-state index in [1.807, 2.05) is 27.7 Å². The van der Waals surface area contributed by atoms with E-state index in [-0.39, 0.29) is 17.6 Å². The fraction of sp³-hybridized carbons (Fsp3) is 0.938. The molecule has 0 bridgehead atoms. The van der Waals surface area contributed by atoms with Crippen LogP contribution in [0.5, 0.6) is 0 Å². The largest absolute Gasteiger partial charge is 0.444 e. The van der Waals surface area contributed by atoms with Crippen molar-refractivity contribution in [2.24, 2.45) is 5.41 Å². The van der Waals surface area contributed by atoms with Gasteiger partial charge in [-0.2, -0.15) is 0 Å². The van der Waals surface area contributed by atoms with Gasteiger partial charge in [-0.1, -0.05) is 13.8 Å². The molecule has 1 rings (SSSR count). The van der Waals surface area contributed by atoms with Gasteiger partial charge in [0.1, 0.15) is 5.60 Å². The second-order valence-corrected chi connectivity index (χ2v) is 7.50. The molecule has 3 unspecified atom stereocenters. The highest BCUT2D eigenvalue weighted by Gasteiger charge is 2.48. The van der Waals surface area contributed by atoms with Crippen molar-refractivity contribution in [1.82, 2.24) is 10.6 Å². The number of carbonyl (C=O) groups is 1. The molecule has 0 spiro atoms. The van der Waals surface area contributed by atoms with Crippen LogP contribution in [-0.2, 0) is 9.47 Å². The predicted molar refractivity (Wildman–Crippen MR) is 84.4 cm³/mol. The van der Waals surface area contributed by atoms with Gasteiger partial charge in [0, 0.05) is 30.7 Å². The maximum absolute atomic E-state index is 11.6. The summed E-state index contributed by atoms with van der Waals surface area (Å²) in [5.74, 6) is 0. The quantitative estimate of drug-likeness (QED) is 0.792. The van der Waals surface area contributed by atoms with Gasteiger partial charge >= 0.3 is 6.09 Å². The van der Waals surface area contributed by atoms with Gasteiger partial charge in [-0.3, -0.25) is 0 Å². The molecule has 2 N–H and O–H groups in total. The Morgan fingerprint density at radius 2 is 2.00 bits per heavy atom. The topological polar surface area (TPSA) is 59.6 Å². The first kappa shape index (κ1) is 18.2. The lowest BCUT2D eigenvalue weighted by atomic mass is 9.64. The van der Waals surface area contributed by atoms with Crippen LogP contribution in [0.25, 0.3) is 0 Å². The lowest BCUT2D eigenvalue weighted by Crippen LogP contribution is -2.63. The molecule has 0 aromatic carbocycles. The van der Waals surface area contributed by atoms with E-state index >= 15 is 0 Å². The van der Waals surface area contributed by atoms with Gasteiger partial charge in [-0.25, -0.2) is 4.79 Å². The van der Waals surface area contributed by atoms with E-state index in [2.05, 4.69) is 31.4 Å². The monoisotopic (exact) mass is 300 g/mol. The van der Waals surface area contributed by atoms with Crippen molar-refractivity contribution in [1.29, 1.82) is 0 Å². The zero-order valence-electron chi connectivity index (χ0n) is 14.6. The Kier molecular flexibility index (Phi) is 6.05. The molecule has 0 aromatic rings. The molecule has 0 aromatic heterocycles. The molecule has 21 heavy (non-hydrogen) atoms. The smallest absolute Gasteiger partial charge is 0.407 e. The molecule has 0 aliphatic heterocycles. The number of hydrogen-bond acceptors (Lipinski definition) is 4. The molecule has 3 atom stereocenters. The highest BCUT2D eigenvalue weighted by molar-refractivity contribution is 5.67. The summed E-state index contributed by atoms with van der Waals surface area (Å²) in [5, 5.41) is 6.36. The van der Waals surface area contributed by atoms with Crippen LogP contribution in [0.15, 0.2) is 0 Å². The van der Waals surface area contributed by atoms with Crippen LogP contribution in [0.2, 0.25) is 0 Å². The van der Waals surface area contributed by atoms with E-state index < -0.39 is 5.60 Å². The third kappa shape index (κ3) is 5.47. The predicted octanol–water partition coefficient (Wildman–Crippen LogP) is 2.69. The lowest BCUT2D eigenvalue weighted by molar-refractivity contribution is -0.116. The highest BCUT2D eigenvalue weighted by Crippen LogP contribution is 2.42. The van der Waals surface area contributed by atoms with Crippen molar-refractivity contribution in [3.8, 4) is 0 Å².